The van der Waals surface area contributed by atoms with Gasteiger partial charge in [0.1, 0.15) is 0 Å². The summed E-state index contributed by atoms with van der Waals surface area (Å²) >= 11 is 0. The second-order valence-electron chi connectivity index (χ2n) is 8.63. The molecule has 8 nitrogen and oxygen atoms in total. The predicted molar refractivity (Wildman–Crippen MR) is 135 cm³/mol. The summed E-state index contributed by atoms with van der Waals surface area (Å²) in [6.45, 7) is 4.44. The van der Waals surface area contributed by atoms with Gasteiger partial charge in [0.25, 0.3) is 5.91 Å². The highest BCUT2D eigenvalue weighted by atomic mass is 19.1. The highest BCUT2D eigenvalue weighted by Crippen LogP contribution is 2.25. The van der Waals surface area contributed by atoms with Gasteiger partial charge < -0.3 is 20.1 Å². The lowest BCUT2D eigenvalue weighted by molar-refractivity contribution is 0.0342. The van der Waals surface area contributed by atoms with Gasteiger partial charge in [-0.05, 0) is 48.2 Å². The number of amides is 1. The molecule has 186 valence electrons. The number of halogens is 1. The lowest BCUT2D eigenvalue weighted by Gasteiger charge is -2.26. The van der Waals surface area contributed by atoms with Crippen molar-refractivity contribution in [3.05, 3.63) is 58.9 Å². The largest absolute Gasteiger partial charge is 0.494 e. The molecule has 2 N–H and O–H groups in total. The standard InChI is InChI=1S/C26H32FN5O3/c1-28-25(33)21-13-20(24(27)23(14-21)34-2)6-3-19-15-29-26(30-16-19)31-22-7-4-18(5-8-22)17-32-9-11-35-12-10-32/h4-5,7-8,13-16,19,26,31H,3,6,9-12,17H2,1-2H3,(H,28,33). The second-order valence-corrected chi connectivity index (χ2v) is 8.63. The molecular formula is C26H32FN5O3. The third-order valence-corrected chi connectivity index (χ3v) is 6.17. The Balaban J connectivity index is 1.29. The van der Waals surface area contributed by atoms with Crippen molar-refractivity contribution in [2.24, 2.45) is 15.9 Å². The van der Waals surface area contributed by atoms with Crippen molar-refractivity contribution >= 4 is 24.0 Å². The number of nitrogens with zero attached hydrogens (tertiary/aromatic N) is 3. The van der Waals surface area contributed by atoms with Crippen LogP contribution in [0.5, 0.6) is 5.75 Å². The van der Waals surface area contributed by atoms with Crippen LogP contribution in [0.2, 0.25) is 0 Å². The molecule has 1 saturated heterocycles. The first-order valence-corrected chi connectivity index (χ1v) is 11.9. The zero-order valence-corrected chi connectivity index (χ0v) is 20.2. The zero-order chi connectivity index (χ0) is 24.6. The van der Waals surface area contributed by atoms with Crippen LogP contribution in [0, 0.1) is 11.7 Å². The SMILES string of the molecule is CNC(=O)c1cc(CCC2C=NC(Nc3ccc(CN4CCOCC4)cc3)N=C2)c(F)c(OC)c1. The van der Waals surface area contributed by atoms with E-state index in [4.69, 9.17) is 9.47 Å². The molecule has 0 spiro atoms. The number of hydrogen-bond acceptors (Lipinski definition) is 7. The molecule has 0 aromatic heterocycles. The van der Waals surface area contributed by atoms with Gasteiger partial charge in [0, 0.05) is 56.3 Å². The number of rotatable bonds is 9. The summed E-state index contributed by atoms with van der Waals surface area (Å²) in [6.07, 6.45) is 4.35. The molecular weight excluding hydrogens is 449 g/mol. The van der Waals surface area contributed by atoms with E-state index in [1.165, 1.54) is 25.8 Å². The Bertz CT molecular complexity index is 1050. The van der Waals surface area contributed by atoms with Crippen LogP contribution in [0.15, 0.2) is 46.4 Å². The summed E-state index contributed by atoms with van der Waals surface area (Å²) in [5, 5.41) is 5.86. The average Bonchev–Trinajstić information content (AvgIpc) is 2.90. The van der Waals surface area contributed by atoms with Crippen molar-refractivity contribution in [2.75, 3.05) is 45.8 Å². The lowest BCUT2D eigenvalue weighted by Crippen LogP contribution is -2.35. The van der Waals surface area contributed by atoms with Crippen LogP contribution in [0.25, 0.3) is 0 Å². The van der Waals surface area contributed by atoms with Crippen LogP contribution in [-0.4, -0.2) is 70.0 Å². The molecule has 2 aliphatic rings. The number of nitrogens with one attached hydrogen (secondary N) is 2. The summed E-state index contributed by atoms with van der Waals surface area (Å²) in [5.74, 6) is -0.680. The minimum atomic E-state index is -0.443. The van der Waals surface area contributed by atoms with Crippen LogP contribution in [0.3, 0.4) is 0 Å². The normalized spacial score (nSPS) is 20.0. The number of aryl methyl sites for hydroxylation is 1. The van der Waals surface area contributed by atoms with Gasteiger partial charge in [0.05, 0.1) is 20.3 Å². The maximum absolute atomic E-state index is 14.7. The van der Waals surface area contributed by atoms with Crippen LogP contribution >= 0.6 is 0 Å². The second kappa shape index (κ2) is 11.9. The van der Waals surface area contributed by atoms with Gasteiger partial charge in [0.15, 0.2) is 11.6 Å². The van der Waals surface area contributed by atoms with Crippen LogP contribution < -0.4 is 15.4 Å². The first kappa shape index (κ1) is 24.8. The van der Waals surface area contributed by atoms with E-state index in [1.807, 2.05) is 24.6 Å². The van der Waals surface area contributed by atoms with Gasteiger partial charge in [0.2, 0.25) is 6.29 Å². The Kier molecular flexibility index (Phi) is 8.44. The number of hydrogen-bond donors (Lipinski definition) is 2. The van der Waals surface area contributed by atoms with Crippen molar-refractivity contribution in [3.63, 3.8) is 0 Å². The molecule has 2 aliphatic heterocycles. The molecule has 0 bridgehead atoms. The fourth-order valence-electron chi connectivity index (χ4n) is 4.14. The van der Waals surface area contributed by atoms with Crippen LogP contribution in [0.4, 0.5) is 10.1 Å². The van der Waals surface area contributed by atoms with Crippen molar-refractivity contribution < 1.29 is 18.7 Å². The van der Waals surface area contributed by atoms with Crippen molar-refractivity contribution in [1.29, 1.82) is 0 Å². The number of aliphatic imine (C=N–C) groups is 2. The first-order valence-electron chi connectivity index (χ1n) is 11.9. The van der Waals surface area contributed by atoms with E-state index in [-0.39, 0.29) is 23.9 Å². The topological polar surface area (TPSA) is 87.6 Å². The number of carbonyl (C=O) groups is 1. The molecule has 1 fully saturated rings. The molecule has 2 aromatic rings. The van der Waals surface area contributed by atoms with Crippen LogP contribution in [0.1, 0.15) is 27.9 Å². The van der Waals surface area contributed by atoms with Gasteiger partial charge in [-0.25, -0.2) is 4.39 Å². The van der Waals surface area contributed by atoms with E-state index in [1.54, 1.807) is 6.07 Å². The lowest BCUT2D eigenvalue weighted by atomic mass is 9.98. The van der Waals surface area contributed by atoms with E-state index in [2.05, 4.69) is 37.7 Å². The summed E-state index contributed by atoms with van der Waals surface area (Å²) in [5.41, 5.74) is 3.01. The quantitative estimate of drug-likeness (QED) is 0.575. The molecule has 0 unspecified atom stereocenters. The molecule has 9 heteroatoms. The van der Waals surface area contributed by atoms with Crippen LogP contribution in [-0.2, 0) is 17.7 Å². The molecule has 0 aliphatic carbocycles. The minimum Gasteiger partial charge on any atom is -0.494 e. The summed E-state index contributed by atoms with van der Waals surface area (Å²) in [6, 6.07) is 11.3. The fourth-order valence-corrected chi connectivity index (χ4v) is 4.14. The average molecular weight is 482 g/mol. The number of benzene rings is 2. The van der Waals surface area contributed by atoms with Gasteiger partial charge in [-0.3, -0.25) is 19.7 Å². The maximum atomic E-state index is 14.7. The number of carbonyl (C=O) groups excluding carboxylic acids is 1. The highest BCUT2D eigenvalue weighted by molar-refractivity contribution is 5.94. The molecule has 0 radical (unpaired) electrons. The molecule has 4 rings (SSSR count). The Labute approximate surface area is 205 Å². The van der Waals surface area contributed by atoms with E-state index in [9.17, 15) is 9.18 Å². The Morgan fingerprint density at radius 2 is 1.89 bits per heavy atom. The van der Waals surface area contributed by atoms with Gasteiger partial charge >= 0.3 is 0 Å². The number of morpholine rings is 1. The summed E-state index contributed by atoms with van der Waals surface area (Å²) < 4.78 is 25.2. The van der Waals surface area contributed by atoms with Gasteiger partial charge in [-0.1, -0.05) is 12.1 Å². The monoisotopic (exact) mass is 481 g/mol. The molecule has 1 amide bonds. The third kappa shape index (κ3) is 6.64. The van der Waals surface area contributed by atoms with E-state index in [0.29, 0.717) is 24.0 Å². The number of anilines is 1. The van der Waals surface area contributed by atoms with Gasteiger partial charge in [-0.15, -0.1) is 0 Å². The van der Waals surface area contributed by atoms with E-state index < -0.39 is 5.82 Å². The van der Waals surface area contributed by atoms with Crippen molar-refractivity contribution in [1.82, 2.24) is 10.2 Å². The first-order chi connectivity index (χ1) is 17.1. The minimum absolute atomic E-state index is 0.0157. The number of ether oxygens (including phenoxy) is 2. The predicted octanol–water partition coefficient (Wildman–Crippen LogP) is 3.13. The third-order valence-electron chi connectivity index (χ3n) is 6.17. The molecule has 2 heterocycles. The Hall–Kier alpha value is -3.30. The van der Waals surface area contributed by atoms with Crippen molar-refractivity contribution in [3.8, 4) is 5.75 Å². The molecule has 35 heavy (non-hydrogen) atoms. The fraction of sp³-hybridized carbons (Fsp3) is 0.423. The summed E-state index contributed by atoms with van der Waals surface area (Å²) in [4.78, 5) is 23.4. The van der Waals surface area contributed by atoms with E-state index in [0.717, 1.165) is 38.5 Å². The van der Waals surface area contributed by atoms with Gasteiger partial charge in [-0.2, -0.15) is 0 Å². The van der Waals surface area contributed by atoms with Crippen molar-refractivity contribution in [2.45, 2.75) is 25.7 Å². The molecule has 2 aromatic carbocycles. The zero-order valence-electron chi connectivity index (χ0n) is 20.2. The molecule has 0 atom stereocenters. The molecule has 0 saturated carbocycles. The Morgan fingerprint density at radius 1 is 1.17 bits per heavy atom. The number of methoxy groups -OCH3 is 1. The van der Waals surface area contributed by atoms with E-state index >= 15 is 0 Å². The highest BCUT2D eigenvalue weighted by Gasteiger charge is 2.18. The smallest absolute Gasteiger partial charge is 0.251 e. The Morgan fingerprint density at radius 3 is 2.54 bits per heavy atom. The maximum Gasteiger partial charge on any atom is 0.251 e. The summed E-state index contributed by atoms with van der Waals surface area (Å²) in [7, 11) is 2.93.